The van der Waals surface area contributed by atoms with Gasteiger partial charge in [0, 0.05) is 29.3 Å². The van der Waals surface area contributed by atoms with Crippen LogP contribution in [0.1, 0.15) is 117 Å². The van der Waals surface area contributed by atoms with Crippen molar-refractivity contribution in [1.29, 1.82) is 5.26 Å². The van der Waals surface area contributed by atoms with Gasteiger partial charge in [-0.1, -0.05) is 86.8 Å². The van der Waals surface area contributed by atoms with Crippen LogP contribution in [-0.2, 0) is 9.47 Å². The summed E-state index contributed by atoms with van der Waals surface area (Å²) < 4.78 is 25.0. The number of benzene rings is 1. The zero-order valence-electron chi connectivity index (χ0n) is 28.8. The third kappa shape index (κ3) is 17.4. The molecule has 0 aliphatic carbocycles. The molecular formula is C35H59FN4O2S. The van der Waals surface area contributed by atoms with Gasteiger partial charge in [0.15, 0.2) is 0 Å². The van der Waals surface area contributed by atoms with E-state index in [0.29, 0.717) is 29.8 Å². The van der Waals surface area contributed by atoms with Crippen molar-refractivity contribution in [1.82, 2.24) is 4.98 Å². The van der Waals surface area contributed by atoms with Gasteiger partial charge in [0.1, 0.15) is 18.1 Å². The Balaban J connectivity index is 0. The molecule has 2 aromatic rings. The van der Waals surface area contributed by atoms with E-state index in [1.54, 1.807) is 12.3 Å². The van der Waals surface area contributed by atoms with Crippen molar-refractivity contribution in [2.45, 2.75) is 121 Å². The smallest absolute Gasteiger partial charge is 0.145 e. The molecule has 244 valence electrons. The molecule has 0 radical (unpaired) electrons. The largest absolute Gasteiger partial charge is 0.381 e. The third-order valence-corrected chi connectivity index (χ3v) is 6.71. The Morgan fingerprint density at radius 2 is 1.77 bits per heavy atom. The topological polar surface area (TPSA) is 93.5 Å². The van der Waals surface area contributed by atoms with E-state index in [-0.39, 0.29) is 11.8 Å². The SMILES string of the molecule is C/C=C(\C=N/C(C)OCC1COC1)c1sc(C)nc1-c1ccc(C#N)c(F)c1.CC.CC.CCC.CCCC(N)CCC. The number of aliphatic imine (C=N–C) groups is 1. The Morgan fingerprint density at radius 3 is 2.21 bits per heavy atom. The molecule has 0 amide bonds. The first-order valence-electron chi connectivity index (χ1n) is 16.1. The van der Waals surface area contributed by atoms with Crippen molar-refractivity contribution in [2.24, 2.45) is 16.6 Å². The second-order valence-electron chi connectivity index (χ2n) is 9.62. The average Bonchev–Trinajstić information content (AvgIpc) is 3.37. The highest BCUT2D eigenvalue weighted by atomic mass is 32.1. The Bertz CT molecular complexity index is 1070. The lowest BCUT2D eigenvalue weighted by atomic mass is 10.1. The van der Waals surface area contributed by atoms with E-state index in [4.69, 9.17) is 20.5 Å². The van der Waals surface area contributed by atoms with E-state index in [1.165, 1.54) is 55.6 Å². The molecule has 3 rings (SSSR count). The monoisotopic (exact) mass is 618 g/mol. The van der Waals surface area contributed by atoms with E-state index in [1.807, 2.05) is 60.6 Å². The van der Waals surface area contributed by atoms with Crippen LogP contribution in [0, 0.1) is 30.0 Å². The third-order valence-electron chi connectivity index (χ3n) is 5.69. The zero-order chi connectivity index (χ0) is 33.2. The van der Waals surface area contributed by atoms with E-state index < -0.39 is 5.82 Å². The molecule has 1 atom stereocenters. The normalized spacial score (nSPS) is 13.2. The first-order chi connectivity index (χ1) is 20.7. The average molecular weight is 619 g/mol. The Labute approximate surface area is 266 Å². The summed E-state index contributed by atoms with van der Waals surface area (Å²) in [4.78, 5) is 9.98. The molecule has 8 heteroatoms. The summed E-state index contributed by atoms with van der Waals surface area (Å²) in [5, 5.41) is 9.81. The van der Waals surface area contributed by atoms with Gasteiger partial charge in [0.2, 0.25) is 0 Å². The number of thiazole rings is 1. The summed E-state index contributed by atoms with van der Waals surface area (Å²) in [5.41, 5.74) is 7.93. The Hall–Kier alpha value is -2.44. The molecule has 43 heavy (non-hydrogen) atoms. The molecule has 2 heterocycles. The van der Waals surface area contributed by atoms with Crippen molar-refractivity contribution in [3.63, 3.8) is 0 Å². The molecule has 1 saturated heterocycles. The van der Waals surface area contributed by atoms with Crippen LogP contribution >= 0.6 is 11.3 Å². The predicted octanol–water partition coefficient (Wildman–Crippen LogP) is 10.00. The Morgan fingerprint density at radius 1 is 1.19 bits per heavy atom. The van der Waals surface area contributed by atoms with Gasteiger partial charge < -0.3 is 15.2 Å². The summed E-state index contributed by atoms with van der Waals surface area (Å²) in [6.07, 6.45) is 9.54. The van der Waals surface area contributed by atoms with Crippen molar-refractivity contribution < 1.29 is 13.9 Å². The molecule has 1 aliphatic heterocycles. The molecule has 1 aromatic carbocycles. The molecule has 6 nitrogen and oxygen atoms in total. The Kier molecular flexibility index (Phi) is 26.9. The fraction of sp³-hybridized carbons (Fsp3) is 0.629. The summed E-state index contributed by atoms with van der Waals surface area (Å²) in [7, 11) is 0. The highest BCUT2D eigenvalue weighted by molar-refractivity contribution is 7.13. The van der Waals surface area contributed by atoms with Gasteiger partial charge >= 0.3 is 0 Å². The number of allylic oxidation sites excluding steroid dienone is 2. The van der Waals surface area contributed by atoms with Crippen molar-refractivity contribution in [3.05, 3.63) is 45.5 Å². The molecular weight excluding hydrogens is 559 g/mol. The summed E-state index contributed by atoms with van der Waals surface area (Å²) in [6.45, 7) is 24.5. The fourth-order valence-electron chi connectivity index (χ4n) is 3.61. The number of halogens is 1. The molecule has 0 spiro atoms. The minimum atomic E-state index is -0.547. The molecule has 1 unspecified atom stereocenters. The zero-order valence-corrected chi connectivity index (χ0v) is 29.6. The highest BCUT2D eigenvalue weighted by Crippen LogP contribution is 2.33. The van der Waals surface area contributed by atoms with E-state index in [2.05, 4.69) is 37.7 Å². The second kappa shape index (κ2) is 27.1. The number of ether oxygens (including phenoxy) is 2. The van der Waals surface area contributed by atoms with Crippen LogP contribution in [0.5, 0.6) is 0 Å². The van der Waals surface area contributed by atoms with Crippen LogP contribution in [0.15, 0.2) is 29.3 Å². The van der Waals surface area contributed by atoms with E-state index in [9.17, 15) is 4.39 Å². The van der Waals surface area contributed by atoms with Gasteiger partial charge in [-0.15, -0.1) is 11.3 Å². The quantitative estimate of drug-likeness (QED) is 0.253. The maximum absolute atomic E-state index is 14.1. The van der Waals surface area contributed by atoms with Crippen LogP contribution in [0.4, 0.5) is 4.39 Å². The van der Waals surface area contributed by atoms with Crippen molar-refractivity contribution >= 4 is 23.1 Å². The van der Waals surface area contributed by atoms with Crippen LogP contribution in [0.2, 0.25) is 0 Å². The lowest BCUT2D eigenvalue weighted by molar-refractivity contribution is -0.0829. The highest BCUT2D eigenvalue weighted by Gasteiger charge is 2.19. The van der Waals surface area contributed by atoms with E-state index >= 15 is 0 Å². The lowest BCUT2D eigenvalue weighted by Crippen LogP contribution is -2.32. The van der Waals surface area contributed by atoms with Crippen LogP contribution in [0.25, 0.3) is 16.8 Å². The maximum Gasteiger partial charge on any atom is 0.145 e. The van der Waals surface area contributed by atoms with Crippen LogP contribution in [-0.4, -0.2) is 43.3 Å². The molecule has 1 aliphatic rings. The van der Waals surface area contributed by atoms with Crippen LogP contribution in [0.3, 0.4) is 0 Å². The summed E-state index contributed by atoms with van der Waals surface area (Å²) >= 11 is 1.52. The first-order valence-corrected chi connectivity index (χ1v) is 16.9. The number of aromatic nitrogens is 1. The molecule has 1 aromatic heterocycles. The predicted molar refractivity (Wildman–Crippen MR) is 185 cm³/mol. The van der Waals surface area contributed by atoms with Gasteiger partial charge in [0.25, 0.3) is 0 Å². The van der Waals surface area contributed by atoms with Gasteiger partial charge in [-0.25, -0.2) is 9.37 Å². The minimum absolute atomic E-state index is 0.0212. The summed E-state index contributed by atoms with van der Waals surface area (Å²) in [5.74, 6) is -0.0878. The van der Waals surface area contributed by atoms with Gasteiger partial charge in [-0.2, -0.15) is 5.26 Å². The van der Waals surface area contributed by atoms with E-state index in [0.717, 1.165) is 28.7 Å². The fourth-order valence-corrected chi connectivity index (χ4v) is 4.59. The number of nitrogens with zero attached hydrogens (tertiary/aromatic N) is 3. The lowest BCUT2D eigenvalue weighted by Gasteiger charge is -2.26. The van der Waals surface area contributed by atoms with Gasteiger partial charge in [-0.3, -0.25) is 4.99 Å². The maximum atomic E-state index is 14.1. The first kappa shape index (κ1) is 42.7. The number of nitrogens with two attached hydrogens (primary N) is 1. The minimum Gasteiger partial charge on any atom is -0.381 e. The molecule has 1 fully saturated rings. The molecule has 0 saturated carbocycles. The van der Waals surface area contributed by atoms with Crippen molar-refractivity contribution in [3.8, 4) is 17.3 Å². The van der Waals surface area contributed by atoms with Gasteiger partial charge in [-0.05, 0) is 45.7 Å². The molecule has 0 bridgehead atoms. The number of hydrogen-bond donors (Lipinski definition) is 1. The number of aryl methyl sites for hydroxylation is 1. The number of nitriles is 1. The number of rotatable bonds is 11. The van der Waals surface area contributed by atoms with Crippen molar-refractivity contribution in [2.75, 3.05) is 19.8 Å². The second-order valence-corrected chi connectivity index (χ2v) is 10.8. The molecule has 2 N–H and O–H groups in total. The van der Waals surface area contributed by atoms with Crippen LogP contribution < -0.4 is 5.73 Å². The summed E-state index contributed by atoms with van der Waals surface area (Å²) in [6, 6.07) is 6.86. The standard InChI is InChI=1S/C21H22FN3O2S.C7H17N.C3H8.2C2H6/c1-4-16(9-24-13(2)27-12-15-10-26-11-15)21-20(25-14(3)28-21)17-5-6-18(8-23)19(22)7-17;1-3-5-7(8)6-4-2;1-3-2;2*1-2/h4-7,9,13,15H,10-12H2,1-3H3;7H,3-6,8H2,1-2H3;3H2,1-2H3;2*1-2H3/b16-4+,24-9-;;;;. The van der Waals surface area contributed by atoms with Gasteiger partial charge in [0.05, 0.1) is 41.0 Å². The number of hydrogen-bond acceptors (Lipinski definition) is 7.